The summed E-state index contributed by atoms with van der Waals surface area (Å²) in [7, 11) is 0. The monoisotopic (exact) mass is 366 g/mol. The molecule has 2 N–H and O–H groups in total. The molecule has 0 saturated carbocycles. The van der Waals surface area contributed by atoms with E-state index in [9.17, 15) is 9.59 Å². The van der Waals surface area contributed by atoms with Crippen molar-refractivity contribution in [3.8, 4) is 0 Å². The molecule has 2 heterocycles. The summed E-state index contributed by atoms with van der Waals surface area (Å²) >= 11 is 0. The fourth-order valence-corrected chi connectivity index (χ4v) is 3.07. The molecule has 1 aliphatic heterocycles. The highest BCUT2D eigenvalue weighted by Gasteiger charge is 2.23. The lowest BCUT2D eigenvalue weighted by Crippen LogP contribution is -2.45. The standard InChI is InChI=1S/C20H22N4O3/c25-19(11-15-5-2-1-3-6-15)24-10-4-7-17(14-24)23-18-13-21-16(12-22-18)8-9-20(26)27/h1-3,5-6,8-9,12-13,17H,4,7,10-11,14H2,(H,22,23)(H,26,27)/t17-/m1/s1. The van der Waals surface area contributed by atoms with E-state index in [-0.39, 0.29) is 11.9 Å². The predicted molar refractivity (Wildman–Crippen MR) is 102 cm³/mol. The van der Waals surface area contributed by atoms with Crippen LogP contribution in [0, 0.1) is 0 Å². The van der Waals surface area contributed by atoms with Crippen LogP contribution in [0.15, 0.2) is 48.8 Å². The lowest BCUT2D eigenvalue weighted by molar-refractivity contribution is -0.132. The molecule has 7 nitrogen and oxygen atoms in total. The molecule has 0 unspecified atom stereocenters. The van der Waals surface area contributed by atoms with Gasteiger partial charge in [-0.25, -0.2) is 9.78 Å². The minimum absolute atomic E-state index is 0.119. The van der Waals surface area contributed by atoms with Crippen molar-refractivity contribution in [1.82, 2.24) is 14.9 Å². The number of rotatable bonds is 6. The molecule has 1 amide bonds. The highest BCUT2D eigenvalue weighted by atomic mass is 16.4. The number of carbonyl (C=O) groups excluding carboxylic acids is 1. The highest BCUT2D eigenvalue weighted by Crippen LogP contribution is 2.16. The number of benzene rings is 1. The van der Waals surface area contributed by atoms with Crippen molar-refractivity contribution in [3.63, 3.8) is 0 Å². The van der Waals surface area contributed by atoms with Crippen molar-refractivity contribution in [1.29, 1.82) is 0 Å². The summed E-state index contributed by atoms with van der Waals surface area (Å²) in [4.78, 5) is 33.4. The minimum Gasteiger partial charge on any atom is -0.478 e. The van der Waals surface area contributed by atoms with Gasteiger partial charge in [0.15, 0.2) is 0 Å². The van der Waals surface area contributed by atoms with Gasteiger partial charge in [0.05, 0.1) is 24.5 Å². The van der Waals surface area contributed by atoms with Crippen LogP contribution in [0.1, 0.15) is 24.1 Å². The number of aromatic nitrogens is 2. The third-order valence-corrected chi connectivity index (χ3v) is 4.39. The summed E-state index contributed by atoms with van der Waals surface area (Å²) in [5.41, 5.74) is 1.50. The maximum Gasteiger partial charge on any atom is 0.328 e. The number of amides is 1. The zero-order chi connectivity index (χ0) is 19.1. The van der Waals surface area contributed by atoms with Crippen LogP contribution in [0.25, 0.3) is 6.08 Å². The molecular formula is C20H22N4O3. The quantitative estimate of drug-likeness (QED) is 0.761. The van der Waals surface area contributed by atoms with Gasteiger partial charge in [0, 0.05) is 25.2 Å². The largest absolute Gasteiger partial charge is 0.478 e. The van der Waals surface area contributed by atoms with E-state index in [0.717, 1.165) is 31.0 Å². The number of likely N-dealkylation sites (tertiary alicyclic amines) is 1. The Hall–Kier alpha value is -3.22. The van der Waals surface area contributed by atoms with Crippen LogP contribution >= 0.6 is 0 Å². The molecule has 7 heteroatoms. The number of anilines is 1. The van der Waals surface area contributed by atoms with Crippen LogP contribution in [0.5, 0.6) is 0 Å². The molecule has 2 aromatic rings. The van der Waals surface area contributed by atoms with Gasteiger partial charge in [-0.05, 0) is 24.5 Å². The molecule has 1 saturated heterocycles. The van der Waals surface area contributed by atoms with E-state index in [4.69, 9.17) is 5.11 Å². The Kier molecular flexibility index (Phi) is 6.14. The average molecular weight is 366 g/mol. The Bertz CT molecular complexity index is 806. The van der Waals surface area contributed by atoms with Crippen LogP contribution in [0.3, 0.4) is 0 Å². The molecule has 27 heavy (non-hydrogen) atoms. The smallest absolute Gasteiger partial charge is 0.328 e. The second-order valence-corrected chi connectivity index (χ2v) is 6.48. The van der Waals surface area contributed by atoms with Crippen molar-refractivity contribution in [2.45, 2.75) is 25.3 Å². The first-order valence-electron chi connectivity index (χ1n) is 8.91. The molecule has 1 fully saturated rings. The van der Waals surface area contributed by atoms with E-state index in [1.807, 2.05) is 35.2 Å². The van der Waals surface area contributed by atoms with Crippen LogP contribution in [0.4, 0.5) is 5.82 Å². The summed E-state index contributed by atoms with van der Waals surface area (Å²) in [5, 5.41) is 11.9. The molecular weight excluding hydrogens is 344 g/mol. The van der Waals surface area contributed by atoms with E-state index < -0.39 is 5.97 Å². The predicted octanol–water partition coefficient (Wildman–Crippen LogP) is 2.22. The van der Waals surface area contributed by atoms with Crippen molar-refractivity contribution >= 4 is 23.8 Å². The molecule has 0 radical (unpaired) electrons. The number of nitrogens with one attached hydrogen (secondary N) is 1. The fraction of sp³-hybridized carbons (Fsp3) is 0.300. The average Bonchev–Trinajstić information content (AvgIpc) is 2.68. The van der Waals surface area contributed by atoms with Crippen molar-refractivity contribution in [2.24, 2.45) is 0 Å². The Balaban J connectivity index is 1.55. The molecule has 0 bridgehead atoms. The molecule has 0 aliphatic carbocycles. The molecule has 0 spiro atoms. The fourth-order valence-electron chi connectivity index (χ4n) is 3.07. The van der Waals surface area contributed by atoms with Crippen LogP contribution in [-0.2, 0) is 16.0 Å². The number of nitrogens with zero attached hydrogens (tertiary/aromatic N) is 3. The number of aliphatic carboxylic acids is 1. The lowest BCUT2D eigenvalue weighted by atomic mass is 10.0. The van der Waals surface area contributed by atoms with Gasteiger partial charge in [-0.3, -0.25) is 9.78 Å². The maximum absolute atomic E-state index is 12.6. The minimum atomic E-state index is -1.03. The first-order valence-corrected chi connectivity index (χ1v) is 8.91. The molecule has 1 aromatic carbocycles. The highest BCUT2D eigenvalue weighted by molar-refractivity contribution is 5.84. The van der Waals surface area contributed by atoms with Gasteiger partial charge in [-0.1, -0.05) is 30.3 Å². The van der Waals surface area contributed by atoms with Crippen molar-refractivity contribution < 1.29 is 14.7 Å². The second-order valence-electron chi connectivity index (χ2n) is 6.48. The van der Waals surface area contributed by atoms with Gasteiger partial charge < -0.3 is 15.3 Å². The Morgan fingerprint density at radius 2 is 2.04 bits per heavy atom. The van der Waals surface area contributed by atoms with Crippen LogP contribution in [0.2, 0.25) is 0 Å². The molecule has 1 atom stereocenters. The maximum atomic E-state index is 12.6. The summed E-state index contributed by atoms with van der Waals surface area (Å²) in [6, 6.07) is 9.88. The summed E-state index contributed by atoms with van der Waals surface area (Å²) < 4.78 is 0. The van der Waals surface area contributed by atoms with Gasteiger partial charge in [0.25, 0.3) is 0 Å². The van der Waals surface area contributed by atoms with Gasteiger partial charge in [0.1, 0.15) is 5.82 Å². The molecule has 1 aliphatic rings. The summed E-state index contributed by atoms with van der Waals surface area (Å²) in [6.07, 6.45) is 7.81. The summed E-state index contributed by atoms with van der Waals surface area (Å²) in [5.74, 6) is -0.278. The molecule has 140 valence electrons. The number of hydrogen-bond donors (Lipinski definition) is 2. The Morgan fingerprint density at radius 3 is 2.74 bits per heavy atom. The normalized spacial score (nSPS) is 17.0. The first-order chi connectivity index (χ1) is 13.1. The number of carbonyl (C=O) groups is 2. The van der Waals surface area contributed by atoms with E-state index in [2.05, 4.69) is 15.3 Å². The van der Waals surface area contributed by atoms with Gasteiger partial charge in [-0.2, -0.15) is 0 Å². The van der Waals surface area contributed by atoms with Crippen molar-refractivity contribution in [2.75, 3.05) is 18.4 Å². The van der Waals surface area contributed by atoms with E-state index in [1.165, 1.54) is 12.3 Å². The van der Waals surface area contributed by atoms with Crippen LogP contribution < -0.4 is 5.32 Å². The zero-order valence-electron chi connectivity index (χ0n) is 14.9. The van der Waals surface area contributed by atoms with E-state index in [1.54, 1.807) is 6.20 Å². The molecule has 1 aromatic heterocycles. The number of hydrogen-bond acceptors (Lipinski definition) is 5. The topological polar surface area (TPSA) is 95.4 Å². The second kappa shape index (κ2) is 8.93. The van der Waals surface area contributed by atoms with Crippen LogP contribution in [-0.4, -0.2) is 51.0 Å². The Labute approximate surface area is 157 Å². The van der Waals surface area contributed by atoms with E-state index >= 15 is 0 Å². The Morgan fingerprint density at radius 1 is 1.22 bits per heavy atom. The third-order valence-electron chi connectivity index (χ3n) is 4.39. The third kappa shape index (κ3) is 5.64. The molecule has 3 rings (SSSR count). The lowest BCUT2D eigenvalue weighted by Gasteiger charge is -2.33. The van der Waals surface area contributed by atoms with Gasteiger partial charge in [-0.15, -0.1) is 0 Å². The first kappa shape index (κ1) is 18.6. The zero-order valence-corrected chi connectivity index (χ0v) is 14.9. The number of carboxylic acids is 1. The van der Waals surface area contributed by atoms with Crippen molar-refractivity contribution in [3.05, 3.63) is 60.1 Å². The van der Waals surface area contributed by atoms with E-state index in [0.29, 0.717) is 24.5 Å². The van der Waals surface area contributed by atoms with Gasteiger partial charge in [0.2, 0.25) is 5.91 Å². The SMILES string of the molecule is O=C(O)C=Cc1cnc(N[C@@H]2CCCN(C(=O)Cc3ccccc3)C2)cn1. The van der Waals surface area contributed by atoms with Gasteiger partial charge >= 0.3 is 5.97 Å². The summed E-state index contributed by atoms with van der Waals surface area (Å²) in [6.45, 7) is 1.41. The number of carboxylic acid groups (broad SMARTS) is 1. The number of piperidine rings is 1.